The van der Waals surface area contributed by atoms with E-state index in [1.54, 1.807) is 36.4 Å². The molecule has 0 bridgehead atoms. The van der Waals surface area contributed by atoms with Crippen LogP contribution in [-0.4, -0.2) is 63.4 Å². The van der Waals surface area contributed by atoms with Gasteiger partial charge in [-0.05, 0) is 37.1 Å². The van der Waals surface area contributed by atoms with Gasteiger partial charge in [0.2, 0.25) is 0 Å². The molecule has 11 heteroatoms. The van der Waals surface area contributed by atoms with Gasteiger partial charge in [0.25, 0.3) is 21.8 Å². The number of amidine groups is 1. The third-order valence-electron chi connectivity index (χ3n) is 4.56. The molecule has 0 radical (unpaired) electrons. The summed E-state index contributed by atoms with van der Waals surface area (Å²) in [6.07, 6.45) is 3.04. The fourth-order valence-electron chi connectivity index (χ4n) is 3.13. The molecule has 1 saturated heterocycles. The lowest BCUT2D eigenvalue weighted by molar-refractivity contribution is 0.0929. The molecule has 166 valence electrons. The van der Waals surface area contributed by atoms with Gasteiger partial charge in [0.05, 0.1) is 15.5 Å². The largest absolute Gasteiger partial charge is 0.355 e. The van der Waals surface area contributed by atoms with Gasteiger partial charge >= 0.3 is 0 Å². The monoisotopic (exact) mass is 482 g/mol. The van der Waals surface area contributed by atoms with Gasteiger partial charge in [-0.1, -0.05) is 23.7 Å². The standard InChI is InChI=1S/C20H23ClN4O4S2/c1-31(28,29)24-18(25-12-2-3-13-25)14-4-6-15(7-5-14)19(26)22-10-11-23-20(27)16-8-9-17(21)30-16/h4-9H,2-3,10-13H2,1H3,(H,22,26)(H,23,27)/b24-18-. The summed E-state index contributed by atoms with van der Waals surface area (Å²) in [5, 5.41) is 5.46. The van der Waals surface area contributed by atoms with Crippen LogP contribution in [0.1, 0.15) is 38.4 Å². The van der Waals surface area contributed by atoms with Crippen molar-refractivity contribution in [2.24, 2.45) is 4.40 Å². The number of nitrogens with zero attached hydrogens (tertiary/aromatic N) is 2. The fourth-order valence-corrected chi connectivity index (χ4v) is 4.62. The average Bonchev–Trinajstić information content (AvgIpc) is 3.40. The Hall–Kier alpha value is -2.43. The predicted octanol–water partition coefficient (Wildman–Crippen LogP) is 2.36. The molecular weight excluding hydrogens is 460 g/mol. The van der Waals surface area contributed by atoms with Crippen molar-refractivity contribution in [3.63, 3.8) is 0 Å². The molecule has 8 nitrogen and oxygen atoms in total. The summed E-state index contributed by atoms with van der Waals surface area (Å²) in [5.74, 6) is -0.124. The molecule has 0 unspecified atom stereocenters. The van der Waals surface area contributed by atoms with E-state index < -0.39 is 10.0 Å². The van der Waals surface area contributed by atoms with Crippen molar-refractivity contribution in [1.29, 1.82) is 0 Å². The number of hydrogen-bond donors (Lipinski definition) is 2. The van der Waals surface area contributed by atoms with E-state index >= 15 is 0 Å². The van der Waals surface area contributed by atoms with Gasteiger partial charge in [-0.2, -0.15) is 0 Å². The van der Waals surface area contributed by atoms with Crippen molar-refractivity contribution in [1.82, 2.24) is 15.5 Å². The van der Waals surface area contributed by atoms with Crippen LogP contribution in [0, 0.1) is 0 Å². The van der Waals surface area contributed by atoms with E-state index in [2.05, 4.69) is 15.0 Å². The number of halogens is 1. The SMILES string of the molecule is CS(=O)(=O)/N=C(/c1ccc(C(=O)NCCNC(=O)c2ccc(Cl)s2)cc1)N1CCCC1. The molecule has 0 aliphatic carbocycles. The molecule has 1 aromatic heterocycles. The highest BCUT2D eigenvalue weighted by Crippen LogP contribution is 2.21. The minimum atomic E-state index is -3.55. The molecule has 1 aliphatic rings. The smallest absolute Gasteiger partial charge is 0.261 e. The number of hydrogen-bond acceptors (Lipinski definition) is 5. The van der Waals surface area contributed by atoms with Gasteiger partial charge in [0.15, 0.2) is 0 Å². The predicted molar refractivity (Wildman–Crippen MR) is 123 cm³/mol. The summed E-state index contributed by atoms with van der Waals surface area (Å²) in [6, 6.07) is 9.95. The number of rotatable bonds is 7. The van der Waals surface area contributed by atoms with E-state index in [1.165, 1.54) is 11.3 Å². The third-order valence-corrected chi connectivity index (χ3v) is 6.29. The van der Waals surface area contributed by atoms with Crippen LogP contribution < -0.4 is 10.6 Å². The van der Waals surface area contributed by atoms with Crippen LogP contribution >= 0.6 is 22.9 Å². The average molecular weight is 483 g/mol. The molecular formula is C20H23ClN4O4S2. The zero-order chi connectivity index (χ0) is 22.4. The van der Waals surface area contributed by atoms with E-state index in [4.69, 9.17) is 11.6 Å². The van der Waals surface area contributed by atoms with Crippen molar-refractivity contribution in [2.45, 2.75) is 12.8 Å². The number of thiophene rings is 1. The normalized spacial score (nSPS) is 14.5. The lowest BCUT2D eigenvalue weighted by Crippen LogP contribution is -2.34. The van der Waals surface area contributed by atoms with E-state index in [0.29, 0.717) is 26.2 Å². The highest BCUT2D eigenvalue weighted by Gasteiger charge is 2.20. The van der Waals surface area contributed by atoms with Gasteiger partial charge in [-0.25, -0.2) is 8.42 Å². The van der Waals surface area contributed by atoms with E-state index in [9.17, 15) is 18.0 Å². The molecule has 0 saturated carbocycles. The van der Waals surface area contributed by atoms with Crippen LogP contribution in [0.15, 0.2) is 40.8 Å². The van der Waals surface area contributed by atoms with Gasteiger partial charge in [-0.3, -0.25) is 9.59 Å². The maximum atomic E-state index is 12.4. The van der Waals surface area contributed by atoms with Crippen LogP contribution in [0.4, 0.5) is 0 Å². The summed E-state index contributed by atoms with van der Waals surface area (Å²) in [4.78, 5) is 26.8. The topological polar surface area (TPSA) is 108 Å². The first kappa shape index (κ1) is 23.2. The molecule has 31 heavy (non-hydrogen) atoms. The van der Waals surface area contributed by atoms with Crippen LogP contribution in [0.5, 0.6) is 0 Å². The molecule has 1 fully saturated rings. The first-order valence-corrected chi connectivity index (χ1v) is 12.7. The Morgan fingerprint density at radius 3 is 2.13 bits per heavy atom. The summed E-state index contributed by atoms with van der Waals surface area (Å²) in [6.45, 7) is 2.04. The summed E-state index contributed by atoms with van der Waals surface area (Å²) < 4.78 is 27.9. The maximum Gasteiger partial charge on any atom is 0.261 e. The van der Waals surface area contributed by atoms with Crippen LogP contribution in [0.25, 0.3) is 0 Å². The minimum absolute atomic E-state index is 0.241. The Bertz CT molecular complexity index is 1070. The maximum absolute atomic E-state index is 12.4. The van der Waals surface area contributed by atoms with Gasteiger partial charge in [-0.15, -0.1) is 15.7 Å². The van der Waals surface area contributed by atoms with Crippen molar-refractivity contribution in [3.8, 4) is 0 Å². The van der Waals surface area contributed by atoms with Crippen molar-refractivity contribution < 1.29 is 18.0 Å². The number of carbonyl (C=O) groups excluding carboxylic acids is 2. The molecule has 0 spiro atoms. The number of likely N-dealkylation sites (tertiary alicyclic amines) is 1. The van der Waals surface area contributed by atoms with Gasteiger partial charge < -0.3 is 15.5 Å². The highest BCUT2D eigenvalue weighted by molar-refractivity contribution is 7.89. The Kier molecular flexibility index (Phi) is 7.69. The van der Waals surface area contributed by atoms with Crippen LogP contribution in [0.3, 0.4) is 0 Å². The lowest BCUT2D eigenvalue weighted by atomic mass is 10.1. The molecule has 1 aliphatic heterocycles. The Balaban J connectivity index is 1.56. The van der Waals surface area contributed by atoms with Crippen molar-refractivity contribution in [2.75, 3.05) is 32.4 Å². The number of nitrogens with one attached hydrogen (secondary N) is 2. The zero-order valence-electron chi connectivity index (χ0n) is 16.9. The number of amides is 2. The second-order valence-corrected chi connectivity index (χ2v) is 10.4. The summed E-state index contributed by atoms with van der Waals surface area (Å²) >= 11 is 7.00. The molecule has 3 rings (SSSR count). The highest BCUT2D eigenvalue weighted by atomic mass is 35.5. The molecule has 1 aromatic carbocycles. The van der Waals surface area contributed by atoms with Gasteiger partial charge in [0.1, 0.15) is 5.84 Å². The molecule has 2 amide bonds. The van der Waals surface area contributed by atoms with Crippen LogP contribution in [-0.2, 0) is 10.0 Å². The first-order valence-electron chi connectivity index (χ1n) is 9.70. The number of benzene rings is 1. The minimum Gasteiger partial charge on any atom is -0.355 e. The van der Waals surface area contributed by atoms with E-state index in [1.807, 2.05) is 4.90 Å². The number of sulfonamides is 1. The fraction of sp³-hybridized carbons (Fsp3) is 0.350. The Labute approximate surface area is 190 Å². The quantitative estimate of drug-likeness (QED) is 0.358. The second kappa shape index (κ2) is 10.3. The van der Waals surface area contributed by atoms with Crippen molar-refractivity contribution in [3.05, 3.63) is 56.7 Å². The molecule has 2 aromatic rings. The molecule has 0 atom stereocenters. The lowest BCUT2D eigenvalue weighted by Gasteiger charge is -2.20. The van der Waals surface area contributed by atoms with E-state index in [0.717, 1.165) is 32.2 Å². The number of carbonyl (C=O) groups is 2. The van der Waals surface area contributed by atoms with Crippen molar-refractivity contribution >= 4 is 50.6 Å². The van der Waals surface area contributed by atoms with E-state index in [-0.39, 0.29) is 24.9 Å². The molecule has 2 heterocycles. The second-order valence-electron chi connectivity index (χ2n) is 7.03. The van der Waals surface area contributed by atoms with Gasteiger partial charge in [0, 0.05) is 37.3 Å². The third kappa shape index (κ3) is 6.78. The Morgan fingerprint density at radius 2 is 1.58 bits per heavy atom. The summed E-state index contributed by atoms with van der Waals surface area (Å²) in [5.41, 5.74) is 1.07. The molecule has 2 N–H and O–H groups in total. The first-order chi connectivity index (χ1) is 14.7. The Morgan fingerprint density at radius 1 is 1.00 bits per heavy atom. The zero-order valence-corrected chi connectivity index (χ0v) is 19.3. The van der Waals surface area contributed by atoms with Crippen LogP contribution in [0.2, 0.25) is 4.34 Å². The summed E-state index contributed by atoms with van der Waals surface area (Å²) in [7, 11) is -3.55.